The summed E-state index contributed by atoms with van der Waals surface area (Å²) < 4.78 is 44.7. The first-order valence-corrected chi connectivity index (χ1v) is 10.7. The first-order chi connectivity index (χ1) is 15.7. The van der Waals surface area contributed by atoms with Gasteiger partial charge in [-0.25, -0.2) is 9.78 Å². The van der Waals surface area contributed by atoms with Crippen LogP contribution in [0.5, 0.6) is 0 Å². The highest BCUT2D eigenvalue weighted by Gasteiger charge is 2.31. The molecule has 0 bridgehead atoms. The Labute approximate surface area is 191 Å². The number of rotatable bonds is 5. The Bertz CT molecular complexity index is 1330. The van der Waals surface area contributed by atoms with Crippen molar-refractivity contribution < 1.29 is 27.5 Å². The lowest BCUT2D eigenvalue weighted by molar-refractivity contribution is -0.137. The Morgan fingerprint density at radius 1 is 1.03 bits per heavy atom. The molecule has 0 aliphatic heterocycles. The fourth-order valence-corrected chi connectivity index (χ4v) is 4.21. The number of ether oxygens (including phenoxy) is 1. The number of alkyl halides is 3. The molecule has 0 aliphatic rings. The van der Waals surface area contributed by atoms with Crippen LogP contribution in [0.1, 0.15) is 28.5 Å². The Morgan fingerprint density at radius 2 is 1.76 bits per heavy atom. The van der Waals surface area contributed by atoms with Crippen LogP contribution in [0.2, 0.25) is 0 Å². The summed E-state index contributed by atoms with van der Waals surface area (Å²) >= 11 is 1.07. The van der Waals surface area contributed by atoms with Gasteiger partial charge in [0, 0.05) is 12.3 Å². The van der Waals surface area contributed by atoms with E-state index in [2.05, 4.69) is 4.98 Å². The quantitative estimate of drug-likeness (QED) is 0.319. The zero-order valence-electron chi connectivity index (χ0n) is 17.3. The van der Waals surface area contributed by atoms with Gasteiger partial charge in [-0.3, -0.25) is 9.69 Å². The lowest BCUT2D eigenvalue weighted by Gasteiger charge is -2.19. The SMILES string of the molecule is CC(=O)N(c1cccc(C(F)(F)F)c1)c1nc(COC(=O)c2cccc3ccccc23)cs1. The van der Waals surface area contributed by atoms with E-state index in [4.69, 9.17) is 4.74 Å². The third-order valence-corrected chi connectivity index (χ3v) is 5.71. The molecule has 4 aromatic rings. The van der Waals surface area contributed by atoms with Gasteiger partial charge in [-0.1, -0.05) is 42.5 Å². The van der Waals surface area contributed by atoms with Crippen LogP contribution in [-0.2, 0) is 22.3 Å². The fraction of sp³-hybridized carbons (Fsp3) is 0.125. The second-order valence-electron chi connectivity index (χ2n) is 7.13. The predicted molar refractivity (Wildman–Crippen MR) is 119 cm³/mol. The van der Waals surface area contributed by atoms with Crippen LogP contribution in [0.25, 0.3) is 10.8 Å². The molecule has 1 amide bonds. The van der Waals surface area contributed by atoms with Crippen molar-refractivity contribution in [2.45, 2.75) is 19.7 Å². The first kappa shape index (κ1) is 22.5. The third kappa shape index (κ3) is 4.88. The normalized spacial score (nSPS) is 11.4. The zero-order valence-corrected chi connectivity index (χ0v) is 18.1. The van der Waals surface area contributed by atoms with E-state index in [0.29, 0.717) is 11.3 Å². The van der Waals surface area contributed by atoms with Gasteiger partial charge in [-0.15, -0.1) is 11.3 Å². The van der Waals surface area contributed by atoms with E-state index in [1.165, 1.54) is 19.1 Å². The Hall–Kier alpha value is -3.72. The summed E-state index contributed by atoms with van der Waals surface area (Å²) in [6, 6.07) is 17.2. The lowest BCUT2D eigenvalue weighted by Crippen LogP contribution is -2.23. The molecule has 168 valence electrons. The minimum Gasteiger partial charge on any atom is -0.456 e. The summed E-state index contributed by atoms with van der Waals surface area (Å²) in [5.41, 5.74) is -0.0299. The molecule has 33 heavy (non-hydrogen) atoms. The number of nitrogens with zero attached hydrogens (tertiary/aromatic N) is 2. The summed E-state index contributed by atoms with van der Waals surface area (Å²) in [7, 11) is 0. The van der Waals surface area contributed by atoms with Gasteiger partial charge in [-0.2, -0.15) is 13.2 Å². The average Bonchev–Trinajstić information content (AvgIpc) is 3.25. The van der Waals surface area contributed by atoms with Crippen LogP contribution in [0.15, 0.2) is 72.1 Å². The lowest BCUT2D eigenvalue weighted by atomic mass is 10.1. The van der Waals surface area contributed by atoms with Gasteiger partial charge in [0.05, 0.1) is 22.5 Å². The standard InChI is InChI=1S/C24H17F3N2O3S/c1-15(30)29(19-9-5-8-17(12-19)24(25,26)27)23-28-18(14-33-23)13-32-22(31)21-11-4-7-16-6-2-3-10-20(16)21/h2-12,14H,13H2,1H3. The minimum atomic E-state index is -4.54. The maximum Gasteiger partial charge on any atom is 0.416 e. The van der Waals surface area contributed by atoms with E-state index >= 15 is 0 Å². The van der Waals surface area contributed by atoms with Crippen LogP contribution in [-0.4, -0.2) is 16.9 Å². The van der Waals surface area contributed by atoms with Crippen molar-refractivity contribution in [3.05, 3.63) is 88.9 Å². The molecule has 0 unspecified atom stereocenters. The molecule has 0 fully saturated rings. The summed E-state index contributed by atoms with van der Waals surface area (Å²) in [6.07, 6.45) is -4.54. The number of aromatic nitrogens is 1. The summed E-state index contributed by atoms with van der Waals surface area (Å²) in [5, 5.41) is 3.44. The van der Waals surface area contributed by atoms with Crippen LogP contribution < -0.4 is 4.90 Å². The van der Waals surface area contributed by atoms with Crippen molar-refractivity contribution in [1.82, 2.24) is 4.98 Å². The third-order valence-electron chi connectivity index (χ3n) is 4.84. The highest BCUT2D eigenvalue weighted by atomic mass is 32.1. The van der Waals surface area contributed by atoms with Gasteiger partial charge >= 0.3 is 12.1 Å². The number of halogens is 3. The highest BCUT2D eigenvalue weighted by Crippen LogP contribution is 2.35. The molecule has 0 N–H and O–H groups in total. The molecule has 1 aromatic heterocycles. The van der Waals surface area contributed by atoms with Crippen molar-refractivity contribution in [3.8, 4) is 0 Å². The van der Waals surface area contributed by atoms with Crippen molar-refractivity contribution in [2.24, 2.45) is 0 Å². The maximum atomic E-state index is 13.1. The van der Waals surface area contributed by atoms with Crippen molar-refractivity contribution in [2.75, 3.05) is 4.90 Å². The second kappa shape index (κ2) is 9.03. The first-order valence-electron chi connectivity index (χ1n) is 9.81. The van der Waals surface area contributed by atoms with E-state index in [1.54, 1.807) is 17.5 Å². The number of fused-ring (bicyclic) bond motifs is 1. The number of hydrogen-bond acceptors (Lipinski definition) is 5. The number of carbonyl (C=O) groups excluding carboxylic acids is 2. The monoisotopic (exact) mass is 470 g/mol. The smallest absolute Gasteiger partial charge is 0.416 e. The molecule has 5 nitrogen and oxygen atoms in total. The number of amides is 1. The molecule has 1 heterocycles. The van der Waals surface area contributed by atoms with E-state index in [9.17, 15) is 22.8 Å². The van der Waals surface area contributed by atoms with Gasteiger partial charge in [0.1, 0.15) is 6.61 Å². The topological polar surface area (TPSA) is 59.5 Å². The summed E-state index contributed by atoms with van der Waals surface area (Å²) in [4.78, 5) is 30.2. The van der Waals surface area contributed by atoms with Crippen molar-refractivity contribution in [3.63, 3.8) is 0 Å². The van der Waals surface area contributed by atoms with Crippen LogP contribution >= 0.6 is 11.3 Å². The Morgan fingerprint density at radius 3 is 2.52 bits per heavy atom. The number of thiazole rings is 1. The zero-order chi connectivity index (χ0) is 23.6. The van der Waals surface area contributed by atoms with E-state index in [-0.39, 0.29) is 17.4 Å². The van der Waals surface area contributed by atoms with Crippen LogP contribution in [0, 0.1) is 0 Å². The van der Waals surface area contributed by atoms with Crippen LogP contribution in [0.3, 0.4) is 0 Å². The molecule has 0 spiro atoms. The molecule has 3 aromatic carbocycles. The molecule has 0 radical (unpaired) electrons. The van der Waals surface area contributed by atoms with E-state index in [1.807, 2.05) is 30.3 Å². The molecule has 4 rings (SSSR count). The molecule has 0 saturated heterocycles. The average molecular weight is 470 g/mol. The maximum absolute atomic E-state index is 13.1. The second-order valence-corrected chi connectivity index (χ2v) is 7.96. The number of hydrogen-bond donors (Lipinski definition) is 0. The number of carbonyl (C=O) groups is 2. The van der Waals surface area contributed by atoms with Gasteiger partial charge in [0.15, 0.2) is 5.13 Å². The van der Waals surface area contributed by atoms with E-state index in [0.717, 1.165) is 39.1 Å². The molecule has 0 aliphatic carbocycles. The molecule has 0 atom stereocenters. The fourth-order valence-electron chi connectivity index (χ4n) is 3.33. The van der Waals surface area contributed by atoms with Gasteiger partial charge < -0.3 is 4.74 Å². The predicted octanol–water partition coefficient (Wildman–Crippen LogP) is 6.36. The van der Waals surface area contributed by atoms with Gasteiger partial charge in [0.2, 0.25) is 5.91 Å². The van der Waals surface area contributed by atoms with E-state index < -0.39 is 23.6 Å². The number of anilines is 2. The van der Waals surface area contributed by atoms with Crippen LogP contribution in [0.4, 0.5) is 24.0 Å². The molecular formula is C24H17F3N2O3S. The minimum absolute atomic E-state index is 0.0472. The highest BCUT2D eigenvalue weighted by molar-refractivity contribution is 7.14. The Kier molecular flexibility index (Phi) is 6.15. The Balaban J connectivity index is 1.53. The molecular weight excluding hydrogens is 453 g/mol. The number of benzene rings is 3. The summed E-state index contributed by atoms with van der Waals surface area (Å²) in [5.74, 6) is -1.02. The number of esters is 1. The van der Waals surface area contributed by atoms with Crippen molar-refractivity contribution in [1.29, 1.82) is 0 Å². The van der Waals surface area contributed by atoms with Gasteiger partial charge in [-0.05, 0) is 35.0 Å². The van der Waals surface area contributed by atoms with Gasteiger partial charge in [0.25, 0.3) is 0 Å². The molecule has 9 heteroatoms. The van der Waals surface area contributed by atoms with Crippen molar-refractivity contribution >= 4 is 44.8 Å². The summed E-state index contributed by atoms with van der Waals surface area (Å²) in [6.45, 7) is 1.09. The largest absolute Gasteiger partial charge is 0.456 e. The molecule has 0 saturated carbocycles.